The van der Waals surface area contributed by atoms with Crippen molar-refractivity contribution in [3.8, 4) is 0 Å². The fourth-order valence-corrected chi connectivity index (χ4v) is 2.98. The van der Waals surface area contributed by atoms with Gasteiger partial charge in [-0.3, -0.25) is 0 Å². The van der Waals surface area contributed by atoms with Gasteiger partial charge in [0, 0.05) is 11.8 Å². The summed E-state index contributed by atoms with van der Waals surface area (Å²) >= 11 is 0. The summed E-state index contributed by atoms with van der Waals surface area (Å²) in [7, 11) is 0. The second-order valence-corrected chi connectivity index (χ2v) is 4.75. The van der Waals surface area contributed by atoms with Gasteiger partial charge in [-0.1, -0.05) is 27.2 Å². The van der Waals surface area contributed by atoms with Crippen molar-refractivity contribution in [3.05, 3.63) is 0 Å². The summed E-state index contributed by atoms with van der Waals surface area (Å²) in [4.78, 5) is 0. The molecule has 2 fully saturated rings. The van der Waals surface area contributed by atoms with Crippen LogP contribution in [0.3, 0.4) is 0 Å². The Labute approximate surface area is 80.3 Å². The van der Waals surface area contributed by atoms with Crippen LogP contribution in [0.1, 0.15) is 33.6 Å². The van der Waals surface area contributed by atoms with Crippen LogP contribution in [0.15, 0.2) is 0 Å². The first kappa shape index (κ1) is 9.47. The fraction of sp³-hybridized carbons (Fsp3) is 1.00. The number of hydrogen-bond acceptors (Lipinski definition) is 2. The molecule has 6 atom stereocenters. The molecule has 0 spiro atoms. The molecule has 0 radical (unpaired) electrons. The summed E-state index contributed by atoms with van der Waals surface area (Å²) < 4.78 is 5.94. The van der Waals surface area contributed by atoms with Crippen molar-refractivity contribution in [1.29, 1.82) is 0 Å². The van der Waals surface area contributed by atoms with E-state index in [9.17, 15) is 5.11 Å². The molecule has 1 N–H and O–H groups in total. The summed E-state index contributed by atoms with van der Waals surface area (Å²) in [5, 5.41) is 9.96. The Morgan fingerprint density at radius 2 is 2.00 bits per heavy atom. The Bertz CT molecular complexity index is 189. The lowest BCUT2D eigenvalue weighted by Crippen LogP contribution is -2.44. The van der Waals surface area contributed by atoms with E-state index in [1.165, 1.54) is 6.42 Å². The fourth-order valence-electron chi connectivity index (χ4n) is 2.98. The lowest BCUT2D eigenvalue weighted by Gasteiger charge is -2.37. The van der Waals surface area contributed by atoms with Gasteiger partial charge in [0.2, 0.25) is 0 Å². The summed E-state index contributed by atoms with van der Waals surface area (Å²) in [5.74, 6) is 1.32. The largest absolute Gasteiger partial charge is 0.392 e. The van der Waals surface area contributed by atoms with Crippen LogP contribution in [0.25, 0.3) is 0 Å². The van der Waals surface area contributed by atoms with E-state index >= 15 is 0 Å². The van der Waals surface area contributed by atoms with E-state index in [0.29, 0.717) is 30.0 Å². The molecule has 0 saturated carbocycles. The molecule has 2 bridgehead atoms. The Hall–Kier alpha value is -0.0800. The third kappa shape index (κ3) is 1.31. The number of aliphatic hydroxyl groups is 1. The number of rotatable bonds is 1. The first-order chi connectivity index (χ1) is 6.15. The van der Waals surface area contributed by atoms with Gasteiger partial charge >= 0.3 is 0 Å². The zero-order chi connectivity index (χ0) is 9.59. The second kappa shape index (κ2) is 3.25. The molecule has 0 aromatic rings. The molecular formula is C11H20O2. The maximum Gasteiger partial charge on any atom is 0.0658 e. The van der Waals surface area contributed by atoms with Crippen molar-refractivity contribution in [2.75, 3.05) is 0 Å². The quantitative estimate of drug-likeness (QED) is 0.673. The average molecular weight is 184 g/mol. The lowest BCUT2D eigenvalue weighted by molar-refractivity contribution is -0.132. The number of hydrogen-bond donors (Lipinski definition) is 1. The Morgan fingerprint density at radius 1 is 1.31 bits per heavy atom. The minimum Gasteiger partial charge on any atom is -0.392 e. The van der Waals surface area contributed by atoms with Crippen molar-refractivity contribution in [2.24, 2.45) is 17.8 Å². The van der Waals surface area contributed by atoms with Gasteiger partial charge in [-0.2, -0.15) is 0 Å². The maximum atomic E-state index is 9.96. The van der Waals surface area contributed by atoms with E-state index < -0.39 is 0 Å². The molecule has 2 heterocycles. The highest BCUT2D eigenvalue weighted by atomic mass is 16.5. The SMILES string of the molecule is CCC1CC2OC1C(C)C(O)C2C. The molecule has 0 aliphatic carbocycles. The average Bonchev–Trinajstić information content (AvgIpc) is 2.53. The van der Waals surface area contributed by atoms with Crippen LogP contribution in [0.4, 0.5) is 0 Å². The molecule has 2 rings (SSSR count). The van der Waals surface area contributed by atoms with E-state index in [1.54, 1.807) is 0 Å². The zero-order valence-electron chi connectivity index (χ0n) is 8.73. The first-order valence-corrected chi connectivity index (χ1v) is 5.48. The minimum atomic E-state index is -0.153. The van der Waals surface area contributed by atoms with E-state index in [4.69, 9.17) is 4.74 Å². The molecular weight excluding hydrogens is 164 g/mol. The maximum absolute atomic E-state index is 9.96. The van der Waals surface area contributed by atoms with E-state index in [1.807, 2.05) is 0 Å². The topological polar surface area (TPSA) is 29.5 Å². The Morgan fingerprint density at radius 3 is 2.62 bits per heavy atom. The normalized spacial score (nSPS) is 55.4. The standard InChI is InChI=1S/C11H20O2/c1-4-8-5-9-6(2)10(12)7(3)11(8)13-9/h6-12H,4-5H2,1-3H3. The molecule has 0 aromatic heterocycles. The van der Waals surface area contributed by atoms with Crippen LogP contribution in [0.5, 0.6) is 0 Å². The van der Waals surface area contributed by atoms with Crippen LogP contribution >= 0.6 is 0 Å². The van der Waals surface area contributed by atoms with Crippen LogP contribution < -0.4 is 0 Å². The smallest absolute Gasteiger partial charge is 0.0658 e. The van der Waals surface area contributed by atoms with Gasteiger partial charge in [-0.05, 0) is 12.3 Å². The number of fused-ring (bicyclic) bond motifs is 2. The highest BCUT2D eigenvalue weighted by Crippen LogP contribution is 2.44. The Kier molecular flexibility index (Phi) is 2.37. The third-order valence-corrected chi connectivity index (χ3v) is 4.04. The Balaban J connectivity index is 2.17. The summed E-state index contributed by atoms with van der Waals surface area (Å²) in [5.41, 5.74) is 0. The number of aliphatic hydroxyl groups excluding tert-OH is 1. The second-order valence-electron chi connectivity index (χ2n) is 4.75. The van der Waals surface area contributed by atoms with Crippen LogP contribution in [-0.4, -0.2) is 23.4 Å². The van der Waals surface area contributed by atoms with Gasteiger partial charge in [0.15, 0.2) is 0 Å². The monoisotopic (exact) mass is 184 g/mol. The van der Waals surface area contributed by atoms with Gasteiger partial charge in [0.1, 0.15) is 0 Å². The van der Waals surface area contributed by atoms with Gasteiger partial charge in [0.25, 0.3) is 0 Å². The molecule has 2 aliphatic rings. The molecule has 76 valence electrons. The summed E-state index contributed by atoms with van der Waals surface area (Å²) in [6, 6.07) is 0. The molecule has 0 amide bonds. The van der Waals surface area contributed by atoms with Crippen LogP contribution in [0.2, 0.25) is 0 Å². The predicted octanol–water partition coefficient (Wildman–Crippen LogP) is 1.82. The van der Waals surface area contributed by atoms with Gasteiger partial charge in [-0.15, -0.1) is 0 Å². The molecule has 2 heteroatoms. The zero-order valence-corrected chi connectivity index (χ0v) is 8.73. The molecule has 2 saturated heterocycles. The highest BCUT2D eigenvalue weighted by Gasteiger charge is 2.48. The summed E-state index contributed by atoms with van der Waals surface area (Å²) in [6.07, 6.45) is 2.83. The van der Waals surface area contributed by atoms with Crippen molar-refractivity contribution in [3.63, 3.8) is 0 Å². The van der Waals surface area contributed by atoms with Crippen molar-refractivity contribution in [1.82, 2.24) is 0 Å². The van der Waals surface area contributed by atoms with E-state index in [0.717, 1.165) is 6.42 Å². The van der Waals surface area contributed by atoms with Gasteiger partial charge < -0.3 is 9.84 Å². The molecule has 2 nitrogen and oxygen atoms in total. The predicted molar refractivity (Wildman–Crippen MR) is 51.4 cm³/mol. The minimum absolute atomic E-state index is 0.153. The van der Waals surface area contributed by atoms with Crippen LogP contribution in [-0.2, 0) is 4.74 Å². The molecule has 0 aromatic carbocycles. The van der Waals surface area contributed by atoms with Crippen molar-refractivity contribution >= 4 is 0 Å². The van der Waals surface area contributed by atoms with Crippen LogP contribution in [0, 0.1) is 17.8 Å². The highest BCUT2D eigenvalue weighted by molar-refractivity contribution is 4.97. The van der Waals surface area contributed by atoms with Crippen molar-refractivity contribution in [2.45, 2.75) is 51.9 Å². The van der Waals surface area contributed by atoms with Gasteiger partial charge in [-0.25, -0.2) is 0 Å². The number of ether oxygens (including phenoxy) is 1. The lowest BCUT2D eigenvalue weighted by atomic mass is 9.85. The summed E-state index contributed by atoms with van der Waals surface area (Å²) in [6.45, 7) is 6.45. The van der Waals surface area contributed by atoms with Gasteiger partial charge in [0.05, 0.1) is 18.3 Å². The molecule has 2 aliphatic heterocycles. The van der Waals surface area contributed by atoms with E-state index in [2.05, 4.69) is 20.8 Å². The third-order valence-electron chi connectivity index (χ3n) is 4.04. The van der Waals surface area contributed by atoms with Crippen molar-refractivity contribution < 1.29 is 9.84 Å². The molecule has 6 unspecified atom stereocenters. The first-order valence-electron chi connectivity index (χ1n) is 5.48. The van der Waals surface area contributed by atoms with E-state index in [-0.39, 0.29) is 6.10 Å². The molecule has 13 heavy (non-hydrogen) atoms.